The van der Waals surface area contributed by atoms with E-state index in [0.29, 0.717) is 19.3 Å². The molecule has 1 aromatic rings. The van der Waals surface area contributed by atoms with E-state index in [1.54, 1.807) is 6.07 Å². The molecular formula is C21H28F3NO4. The summed E-state index contributed by atoms with van der Waals surface area (Å²) in [6.45, 7) is 1.96. The molecule has 0 aliphatic carbocycles. The highest BCUT2D eigenvalue weighted by molar-refractivity contribution is 5.92. The first-order chi connectivity index (χ1) is 13.7. The number of piperidine rings is 1. The first kappa shape index (κ1) is 23.2. The van der Waals surface area contributed by atoms with Gasteiger partial charge in [-0.1, -0.05) is 50.1 Å². The maximum absolute atomic E-state index is 14.4. The third-order valence-corrected chi connectivity index (χ3v) is 5.53. The van der Waals surface area contributed by atoms with Gasteiger partial charge >= 0.3 is 12.1 Å². The van der Waals surface area contributed by atoms with Gasteiger partial charge in [-0.05, 0) is 25.7 Å². The van der Waals surface area contributed by atoms with Crippen molar-refractivity contribution < 1.29 is 32.2 Å². The van der Waals surface area contributed by atoms with Crippen LogP contribution in [0.25, 0.3) is 0 Å². The summed E-state index contributed by atoms with van der Waals surface area (Å²) in [4.78, 5) is 27.0. The zero-order valence-electron chi connectivity index (χ0n) is 17.0. The molecule has 1 aliphatic rings. The molecule has 1 amide bonds. The van der Waals surface area contributed by atoms with E-state index in [1.165, 1.54) is 31.4 Å². The van der Waals surface area contributed by atoms with Crippen molar-refractivity contribution >= 4 is 11.9 Å². The van der Waals surface area contributed by atoms with Crippen LogP contribution >= 0.6 is 0 Å². The van der Waals surface area contributed by atoms with Crippen molar-refractivity contribution in [1.29, 1.82) is 0 Å². The molecule has 162 valence electrons. The van der Waals surface area contributed by atoms with Gasteiger partial charge in [-0.25, -0.2) is 4.79 Å². The molecule has 1 aliphatic heterocycles. The van der Waals surface area contributed by atoms with Crippen LogP contribution in [0.5, 0.6) is 0 Å². The number of carbonyl (C=O) groups is 2. The molecule has 1 saturated heterocycles. The molecule has 0 radical (unpaired) electrons. The molecular weight excluding hydrogens is 387 g/mol. The summed E-state index contributed by atoms with van der Waals surface area (Å²) in [6.07, 6.45) is -1.52. The van der Waals surface area contributed by atoms with Crippen LogP contribution in [-0.2, 0) is 24.7 Å². The molecule has 29 heavy (non-hydrogen) atoms. The van der Waals surface area contributed by atoms with Crippen LogP contribution in [0.3, 0.4) is 0 Å². The number of carbonyl (C=O) groups excluding carboxylic acids is 2. The molecule has 8 heteroatoms. The summed E-state index contributed by atoms with van der Waals surface area (Å²) in [5, 5.41) is 0. The van der Waals surface area contributed by atoms with E-state index in [0.717, 1.165) is 24.9 Å². The fourth-order valence-corrected chi connectivity index (χ4v) is 4.06. The van der Waals surface area contributed by atoms with Crippen LogP contribution in [-0.4, -0.2) is 49.3 Å². The Balaban J connectivity index is 2.61. The Hall–Kier alpha value is -2.09. The maximum atomic E-state index is 14.4. The number of likely N-dealkylation sites (tertiary alicyclic amines) is 1. The highest BCUT2D eigenvalue weighted by atomic mass is 19.4. The van der Waals surface area contributed by atoms with Crippen LogP contribution in [0.2, 0.25) is 0 Å². The van der Waals surface area contributed by atoms with Crippen molar-refractivity contribution in [2.24, 2.45) is 0 Å². The number of ether oxygens (including phenoxy) is 2. The lowest BCUT2D eigenvalue weighted by atomic mass is 9.85. The normalized spacial score (nSPS) is 22.1. The number of amides is 1. The van der Waals surface area contributed by atoms with Crippen LogP contribution in [0.4, 0.5) is 13.2 Å². The minimum atomic E-state index is -5.02. The molecule has 0 aromatic heterocycles. The van der Waals surface area contributed by atoms with Gasteiger partial charge in [0.25, 0.3) is 11.5 Å². The fourth-order valence-electron chi connectivity index (χ4n) is 4.06. The number of methoxy groups -OCH3 is 2. The van der Waals surface area contributed by atoms with Gasteiger partial charge in [0, 0.05) is 18.7 Å². The van der Waals surface area contributed by atoms with E-state index >= 15 is 0 Å². The lowest BCUT2D eigenvalue weighted by molar-refractivity contribution is -0.272. The molecule has 2 rings (SSSR count). The van der Waals surface area contributed by atoms with Gasteiger partial charge in [-0.3, -0.25) is 4.79 Å². The minimum absolute atomic E-state index is 0.257. The van der Waals surface area contributed by atoms with Crippen LogP contribution in [0.15, 0.2) is 30.3 Å². The lowest BCUT2D eigenvalue weighted by Crippen LogP contribution is -2.63. The van der Waals surface area contributed by atoms with E-state index in [9.17, 15) is 22.8 Å². The predicted molar refractivity (Wildman–Crippen MR) is 101 cm³/mol. The highest BCUT2D eigenvalue weighted by Crippen LogP contribution is 2.45. The maximum Gasteiger partial charge on any atom is 0.430 e. The van der Waals surface area contributed by atoms with Crippen molar-refractivity contribution in [2.45, 2.75) is 69.3 Å². The first-order valence-electron chi connectivity index (χ1n) is 9.82. The zero-order valence-corrected chi connectivity index (χ0v) is 17.0. The smallest absolute Gasteiger partial charge is 0.430 e. The van der Waals surface area contributed by atoms with E-state index in [4.69, 9.17) is 9.47 Å². The Kier molecular flexibility index (Phi) is 7.68. The Morgan fingerprint density at radius 2 is 1.79 bits per heavy atom. The molecule has 0 unspecified atom stereocenters. The Morgan fingerprint density at radius 1 is 1.14 bits per heavy atom. The molecule has 0 bridgehead atoms. The van der Waals surface area contributed by atoms with Crippen molar-refractivity contribution in [3.63, 3.8) is 0 Å². The molecule has 1 heterocycles. The Bertz CT molecular complexity index is 695. The number of rotatable bonds is 7. The second-order valence-electron chi connectivity index (χ2n) is 7.23. The summed E-state index contributed by atoms with van der Waals surface area (Å²) in [5.74, 6) is -1.98. The molecule has 1 aromatic carbocycles. The van der Waals surface area contributed by atoms with Gasteiger partial charge < -0.3 is 14.4 Å². The van der Waals surface area contributed by atoms with Crippen LogP contribution in [0.1, 0.15) is 51.0 Å². The molecule has 0 saturated carbocycles. The average Bonchev–Trinajstić information content (AvgIpc) is 2.71. The largest absolute Gasteiger partial charge is 0.467 e. The monoisotopic (exact) mass is 415 g/mol. The average molecular weight is 415 g/mol. The number of alkyl halides is 3. The fraction of sp³-hybridized carbons (Fsp3) is 0.619. The number of nitrogens with zero attached hydrogens (tertiary/aromatic N) is 1. The number of esters is 1. The van der Waals surface area contributed by atoms with Crippen LogP contribution in [0, 0.1) is 0 Å². The van der Waals surface area contributed by atoms with E-state index in [-0.39, 0.29) is 12.0 Å². The highest BCUT2D eigenvalue weighted by Gasteiger charge is 2.65. The first-order valence-corrected chi connectivity index (χ1v) is 9.82. The second kappa shape index (κ2) is 9.61. The molecule has 3 atom stereocenters. The predicted octanol–water partition coefficient (Wildman–Crippen LogP) is 4.20. The number of hydrogen-bond acceptors (Lipinski definition) is 4. The number of hydrogen-bond donors (Lipinski definition) is 0. The van der Waals surface area contributed by atoms with E-state index in [2.05, 4.69) is 0 Å². The Morgan fingerprint density at radius 3 is 2.31 bits per heavy atom. The van der Waals surface area contributed by atoms with Gasteiger partial charge in [-0.2, -0.15) is 13.2 Å². The summed E-state index contributed by atoms with van der Waals surface area (Å²) in [6, 6.07) is 5.28. The number of halogens is 3. The SMILES string of the molecule is CCCC[C@@H]1CCC[C@@H](C(=O)OC)N1C(=O)[C@@](OC)(c1ccccc1)C(F)(F)F. The standard InChI is InChI=1S/C21H28F3NO4/c1-4-5-12-16-13-9-14-17(18(26)28-2)25(16)19(27)20(29-3,21(22,23)24)15-10-7-6-8-11-15/h6-8,10-11,16-17H,4-5,9,12-14H2,1-3H3/t16-,17+,20+/m1/s1. The van der Waals surface area contributed by atoms with Crippen molar-refractivity contribution in [2.75, 3.05) is 14.2 Å². The molecule has 5 nitrogen and oxygen atoms in total. The third kappa shape index (κ3) is 4.42. The van der Waals surface area contributed by atoms with E-state index in [1.807, 2.05) is 6.92 Å². The van der Waals surface area contributed by atoms with Crippen molar-refractivity contribution in [3.8, 4) is 0 Å². The summed E-state index contributed by atoms with van der Waals surface area (Å²) < 4.78 is 52.9. The summed E-state index contributed by atoms with van der Waals surface area (Å²) in [7, 11) is 2.04. The second-order valence-corrected chi connectivity index (χ2v) is 7.23. The minimum Gasteiger partial charge on any atom is -0.467 e. The Labute approximate surface area is 169 Å². The van der Waals surface area contributed by atoms with Crippen molar-refractivity contribution in [1.82, 2.24) is 4.90 Å². The summed E-state index contributed by atoms with van der Waals surface area (Å²) >= 11 is 0. The van der Waals surface area contributed by atoms with Gasteiger partial charge in [-0.15, -0.1) is 0 Å². The molecule has 1 fully saturated rings. The lowest BCUT2D eigenvalue weighted by Gasteiger charge is -2.46. The van der Waals surface area contributed by atoms with Gasteiger partial charge in [0.15, 0.2) is 0 Å². The van der Waals surface area contributed by atoms with Gasteiger partial charge in [0.2, 0.25) is 0 Å². The van der Waals surface area contributed by atoms with Gasteiger partial charge in [0.05, 0.1) is 7.11 Å². The van der Waals surface area contributed by atoms with Gasteiger partial charge in [0.1, 0.15) is 6.04 Å². The zero-order chi connectivity index (χ0) is 21.7. The number of unbranched alkanes of at least 4 members (excludes halogenated alkanes) is 1. The van der Waals surface area contributed by atoms with E-state index < -0.39 is 35.7 Å². The molecule has 0 spiro atoms. The molecule has 0 N–H and O–H groups in total. The number of benzene rings is 1. The summed E-state index contributed by atoms with van der Waals surface area (Å²) in [5.41, 5.74) is -3.51. The topological polar surface area (TPSA) is 55.8 Å². The van der Waals surface area contributed by atoms with Crippen LogP contribution < -0.4 is 0 Å². The quantitative estimate of drug-likeness (QED) is 0.627. The van der Waals surface area contributed by atoms with Crippen molar-refractivity contribution in [3.05, 3.63) is 35.9 Å². The third-order valence-electron chi connectivity index (χ3n) is 5.53.